The van der Waals surface area contributed by atoms with E-state index in [1.165, 1.54) is 12.1 Å². The third kappa shape index (κ3) is 3.20. The molecule has 2 N–H and O–H groups in total. The molecule has 0 amide bonds. The standard InChI is InChI=1S/C12H13ClN2O2/c13-10-6-8(12(16)17)7-11(15-10)14-9-4-2-1-3-5-9/h1-2,6-7,9H,3-5H2,(H,14,15)(H,16,17). The van der Waals surface area contributed by atoms with Crippen LogP contribution in [0.15, 0.2) is 24.3 Å². The minimum Gasteiger partial charge on any atom is -0.478 e. The van der Waals surface area contributed by atoms with Gasteiger partial charge in [0.1, 0.15) is 11.0 Å². The molecule has 1 atom stereocenters. The molecule has 0 fully saturated rings. The molecule has 1 aromatic rings. The Hall–Kier alpha value is -1.55. The van der Waals surface area contributed by atoms with Crippen LogP contribution >= 0.6 is 11.6 Å². The fraction of sp³-hybridized carbons (Fsp3) is 0.333. The van der Waals surface area contributed by atoms with Gasteiger partial charge in [-0.2, -0.15) is 0 Å². The van der Waals surface area contributed by atoms with E-state index in [0.29, 0.717) is 11.9 Å². The molecule has 1 aliphatic carbocycles. The Morgan fingerprint density at radius 2 is 2.29 bits per heavy atom. The van der Waals surface area contributed by atoms with Crippen LogP contribution in [0.4, 0.5) is 5.82 Å². The topological polar surface area (TPSA) is 62.2 Å². The highest BCUT2D eigenvalue weighted by atomic mass is 35.5. The third-order valence-electron chi connectivity index (χ3n) is 2.66. The van der Waals surface area contributed by atoms with E-state index in [1.807, 2.05) is 0 Å². The lowest BCUT2D eigenvalue weighted by atomic mass is 10.0. The number of aromatic nitrogens is 1. The van der Waals surface area contributed by atoms with Crippen LogP contribution in [0, 0.1) is 0 Å². The van der Waals surface area contributed by atoms with Gasteiger partial charge in [-0.3, -0.25) is 0 Å². The zero-order valence-electron chi connectivity index (χ0n) is 9.19. The maximum Gasteiger partial charge on any atom is 0.335 e. The van der Waals surface area contributed by atoms with Crippen molar-refractivity contribution < 1.29 is 9.90 Å². The molecule has 1 unspecified atom stereocenters. The Bertz CT molecular complexity index is 460. The first-order chi connectivity index (χ1) is 8.15. The minimum atomic E-state index is -0.999. The number of anilines is 1. The second-order valence-electron chi connectivity index (χ2n) is 3.99. The Labute approximate surface area is 104 Å². The van der Waals surface area contributed by atoms with Crippen molar-refractivity contribution in [3.8, 4) is 0 Å². The predicted molar refractivity (Wildman–Crippen MR) is 66.6 cm³/mol. The molecule has 0 aromatic carbocycles. The van der Waals surface area contributed by atoms with E-state index in [9.17, 15) is 4.79 Å². The second kappa shape index (κ2) is 5.19. The number of hydrogen-bond donors (Lipinski definition) is 2. The molecule has 1 aromatic heterocycles. The van der Waals surface area contributed by atoms with E-state index < -0.39 is 5.97 Å². The fourth-order valence-electron chi connectivity index (χ4n) is 1.83. The number of allylic oxidation sites excluding steroid dienone is 1. The van der Waals surface area contributed by atoms with Gasteiger partial charge in [0.2, 0.25) is 0 Å². The third-order valence-corrected chi connectivity index (χ3v) is 2.86. The summed E-state index contributed by atoms with van der Waals surface area (Å²) in [4.78, 5) is 14.9. The Morgan fingerprint density at radius 3 is 2.94 bits per heavy atom. The molecule has 0 aliphatic heterocycles. The summed E-state index contributed by atoms with van der Waals surface area (Å²) in [7, 11) is 0. The van der Waals surface area contributed by atoms with E-state index in [2.05, 4.69) is 22.5 Å². The molecular formula is C12H13ClN2O2. The van der Waals surface area contributed by atoms with Gasteiger partial charge < -0.3 is 10.4 Å². The zero-order chi connectivity index (χ0) is 12.3. The number of carboxylic acids is 1. The van der Waals surface area contributed by atoms with Gasteiger partial charge in [-0.25, -0.2) is 9.78 Å². The van der Waals surface area contributed by atoms with Crippen molar-refractivity contribution in [3.05, 3.63) is 35.0 Å². The summed E-state index contributed by atoms with van der Waals surface area (Å²) in [6.45, 7) is 0. The summed E-state index contributed by atoms with van der Waals surface area (Å²) in [5, 5.41) is 12.3. The fourth-order valence-corrected chi connectivity index (χ4v) is 2.04. The van der Waals surface area contributed by atoms with Gasteiger partial charge in [0.15, 0.2) is 0 Å². The first-order valence-corrected chi connectivity index (χ1v) is 5.85. The van der Waals surface area contributed by atoms with Gasteiger partial charge in [-0.15, -0.1) is 0 Å². The van der Waals surface area contributed by atoms with E-state index in [-0.39, 0.29) is 10.7 Å². The van der Waals surface area contributed by atoms with Crippen LogP contribution in [0.5, 0.6) is 0 Å². The molecule has 0 radical (unpaired) electrons. The van der Waals surface area contributed by atoms with Gasteiger partial charge in [0.25, 0.3) is 0 Å². The van der Waals surface area contributed by atoms with Crippen LogP contribution in [-0.4, -0.2) is 22.1 Å². The van der Waals surface area contributed by atoms with Crippen LogP contribution in [-0.2, 0) is 0 Å². The predicted octanol–water partition coefficient (Wildman–Crippen LogP) is 2.95. The quantitative estimate of drug-likeness (QED) is 0.641. The average Bonchev–Trinajstić information content (AvgIpc) is 2.29. The van der Waals surface area contributed by atoms with Crippen molar-refractivity contribution in [2.45, 2.75) is 25.3 Å². The number of aromatic carboxylic acids is 1. The van der Waals surface area contributed by atoms with Gasteiger partial charge in [-0.05, 0) is 31.4 Å². The first kappa shape index (κ1) is 11.9. The van der Waals surface area contributed by atoms with Crippen molar-refractivity contribution in [2.75, 3.05) is 5.32 Å². The summed E-state index contributed by atoms with van der Waals surface area (Å²) in [5.74, 6) is -0.476. The monoisotopic (exact) mass is 252 g/mol. The van der Waals surface area contributed by atoms with Crippen molar-refractivity contribution in [2.24, 2.45) is 0 Å². The summed E-state index contributed by atoms with van der Waals surface area (Å²) >= 11 is 5.78. The lowest BCUT2D eigenvalue weighted by Gasteiger charge is -2.20. The van der Waals surface area contributed by atoms with Crippen LogP contribution in [0.3, 0.4) is 0 Å². The van der Waals surface area contributed by atoms with Crippen molar-refractivity contribution in [1.82, 2.24) is 4.98 Å². The van der Waals surface area contributed by atoms with E-state index in [1.54, 1.807) is 0 Å². The molecule has 0 bridgehead atoms. The first-order valence-electron chi connectivity index (χ1n) is 5.47. The van der Waals surface area contributed by atoms with Crippen LogP contribution in [0.2, 0.25) is 5.15 Å². The van der Waals surface area contributed by atoms with E-state index >= 15 is 0 Å². The molecule has 5 heteroatoms. The SMILES string of the molecule is O=C(O)c1cc(Cl)nc(NC2CC=CCC2)c1. The normalized spacial score (nSPS) is 19.0. The number of hydrogen-bond acceptors (Lipinski definition) is 3. The van der Waals surface area contributed by atoms with Crippen LogP contribution in [0.25, 0.3) is 0 Å². The highest BCUT2D eigenvalue weighted by molar-refractivity contribution is 6.29. The summed E-state index contributed by atoms with van der Waals surface area (Å²) in [6.07, 6.45) is 7.24. The van der Waals surface area contributed by atoms with Gasteiger partial charge >= 0.3 is 5.97 Å². The lowest BCUT2D eigenvalue weighted by Crippen LogP contribution is -2.21. The number of nitrogens with zero attached hydrogens (tertiary/aromatic N) is 1. The van der Waals surface area contributed by atoms with Crippen LogP contribution < -0.4 is 5.32 Å². The summed E-state index contributed by atoms with van der Waals surface area (Å²) in [6, 6.07) is 3.15. The smallest absolute Gasteiger partial charge is 0.335 e. The van der Waals surface area contributed by atoms with Crippen LogP contribution in [0.1, 0.15) is 29.6 Å². The van der Waals surface area contributed by atoms with E-state index in [4.69, 9.17) is 16.7 Å². The number of rotatable bonds is 3. The molecule has 90 valence electrons. The molecule has 0 saturated carbocycles. The van der Waals surface area contributed by atoms with Gasteiger partial charge in [0.05, 0.1) is 5.56 Å². The van der Waals surface area contributed by atoms with Crippen molar-refractivity contribution in [1.29, 1.82) is 0 Å². The van der Waals surface area contributed by atoms with Crippen molar-refractivity contribution in [3.63, 3.8) is 0 Å². The number of halogens is 1. The molecule has 1 heterocycles. The molecule has 1 aliphatic rings. The Kier molecular flexibility index (Phi) is 3.64. The average molecular weight is 253 g/mol. The summed E-state index contributed by atoms with van der Waals surface area (Å²) in [5.41, 5.74) is 0.152. The molecular weight excluding hydrogens is 240 g/mol. The molecule has 17 heavy (non-hydrogen) atoms. The molecule has 2 rings (SSSR count). The van der Waals surface area contributed by atoms with Gasteiger partial charge in [-0.1, -0.05) is 23.8 Å². The molecule has 4 nitrogen and oxygen atoms in total. The number of pyridine rings is 1. The number of carbonyl (C=O) groups is 1. The zero-order valence-corrected chi connectivity index (χ0v) is 9.94. The summed E-state index contributed by atoms with van der Waals surface area (Å²) < 4.78 is 0. The highest BCUT2D eigenvalue weighted by Gasteiger charge is 2.12. The highest BCUT2D eigenvalue weighted by Crippen LogP contribution is 2.19. The van der Waals surface area contributed by atoms with Gasteiger partial charge in [0, 0.05) is 6.04 Å². The largest absolute Gasteiger partial charge is 0.478 e. The lowest BCUT2D eigenvalue weighted by molar-refractivity contribution is 0.0697. The molecule has 0 saturated heterocycles. The Morgan fingerprint density at radius 1 is 1.47 bits per heavy atom. The Balaban J connectivity index is 2.14. The minimum absolute atomic E-state index is 0.152. The van der Waals surface area contributed by atoms with E-state index in [0.717, 1.165) is 19.3 Å². The number of nitrogens with one attached hydrogen (secondary N) is 1. The second-order valence-corrected chi connectivity index (χ2v) is 4.38. The maximum atomic E-state index is 10.9. The van der Waals surface area contributed by atoms with Crippen molar-refractivity contribution >= 4 is 23.4 Å². The molecule has 0 spiro atoms. The maximum absolute atomic E-state index is 10.9. The number of carboxylic acid groups (broad SMARTS) is 1.